The predicted octanol–water partition coefficient (Wildman–Crippen LogP) is 6.77. The molecule has 5 rings (SSSR count). The molecule has 0 aromatic rings. The predicted molar refractivity (Wildman–Crippen MR) is 117 cm³/mol. The van der Waals surface area contributed by atoms with Gasteiger partial charge in [0.1, 0.15) is 11.9 Å². The number of carbonyl (C=O) groups is 1. The van der Waals surface area contributed by atoms with Gasteiger partial charge in [-0.05, 0) is 86.5 Å². The van der Waals surface area contributed by atoms with Crippen LogP contribution in [0.5, 0.6) is 0 Å². The van der Waals surface area contributed by atoms with Crippen molar-refractivity contribution in [2.45, 2.75) is 91.6 Å². The Morgan fingerprint density at radius 3 is 2.83 bits per heavy atom. The van der Waals surface area contributed by atoms with E-state index in [1.807, 2.05) is 0 Å². The van der Waals surface area contributed by atoms with Gasteiger partial charge in [0.25, 0.3) is 0 Å². The third-order valence-electron chi connectivity index (χ3n) is 9.92. The molecule has 2 heteroatoms. The van der Waals surface area contributed by atoms with E-state index in [1.165, 1.54) is 42.6 Å². The number of ether oxygens (including phenoxy) is 1. The molecule has 0 aromatic carbocycles. The van der Waals surface area contributed by atoms with Gasteiger partial charge < -0.3 is 4.74 Å². The van der Waals surface area contributed by atoms with Gasteiger partial charge in [-0.3, -0.25) is 4.79 Å². The topological polar surface area (TPSA) is 26.3 Å². The molecule has 0 aromatic heterocycles. The number of carbonyl (C=O) groups excluding carboxylic acids is 1. The van der Waals surface area contributed by atoms with Crippen LogP contribution in [0.15, 0.2) is 35.1 Å². The second kappa shape index (κ2) is 6.59. The minimum Gasteiger partial charge on any atom is -0.494 e. The molecule has 29 heavy (non-hydrogen) atoms. The molecule has 0 radical (unpaired) electrons. The molecule has 0 saturated heterocycles. The lowest BCUT2D eigenvalue weighted by atomic mass is 9.47. The van der Waals surface area contributed by atoms with Crippen LogP contribution in [0.2, 0.25) is 0 Å². The van der Waals surface area contributed by atoms with Crippen LogP contribution in [-0.2, 0) is 9.53 Å². The molecule has 0 spiro atoms. The summed E-state index contributed by atoms with van der Waals surface area (Å²) in [4.78, 5) is 12.1. The van der Waals surface area contributed by atoms with Crippen molar-refractivity contribution in [3.63, 3.8) is 0 Å². The Morgan fingerprint density at radius 1 is 1.28 bits per heavy atom. The standard InChI is InChI=1S/C27H38O2/c1-16(2)6-9-23-17(3)25-24(29-23)15-22-20-8-7-18-14-19(28)10-12-26(18,4)21(20)11-13-27(22,25)5/h7,20-22,24-25H,1,6,8-15H2,2-5H3/t20-,21+,22+,24+,25+,26+,27+/m1/s1. The van der Waals surface area contributed by atoms with E-state index in [0.717, 1.165) is 49.9 Å². The Balaban J connectivity index is 1.42. The summed E-state index contributed by atoms with van der Waals surface area (Å²) in [7, 11) is 0. The highest BCUT2D eigenvalue weighted by molar-refractivity contribution is 5.82. The van der Waals surface area contributed by atoms with E-state index in [1.54, 1.807) is 5.57 Å². The first-order chi connectivity index (χ1) is 13.7. The first-order valence-corrected chi connectivity index (χ1v) is 12.0. The number of allylic oxidation sites excluding steroid dienone is 4. The van der Waals surface area contributed by atoms with Crippen LogP contribution in [-0.4, -0.2) is 11.9 Å². The summed E-state index contributed by atoms with van der Waals surface area (Å²) >= 11 is 0. The lowest BCUT2D eigenvalue weighted by Gasteiger charge is -2.57. The van der Waals surface area contributed by atoms with E-state index in [9.17, 15) is 4.79 Å². The molecule has 1 aliphatic heterocycles. The van der Waals surface area contributed by atoms with Gasteiger partial charge in [0.2, 0.25) is 0 Å². The van der Waals surface area contributed by atoms with Gasteiger partial charge in [0.15, 0.2) is 0 Å². The average Bonchev–Trinajstić information content (AvgIpc) is 3.14. The Hall–Kier alpha value is -1.31. The van der Waals surface area contributed by atoms with E-state index in [-0.39, 0.29) is 5.41 Å². The summed E-state index contributed by atoms with van der Waals surface area (Å²) in [5.74, 6) is 4.64. The van der Waals surface area contributed by atoms with Gasteiger partial charge in [-0.1, -0.05) is 31.1 Å². The molecule has 0 N–H and O–H groups in total. The van der Waals surface area contributed by atoms with E-state index in [2.05, 4.69) is 40.3 Å². The highest BCUT2D eigenvalue weighted by Crippen LogP contribution is 2.68. The van der Waals surface area contributed by atoms with E-state index < -0.39 is 0 Å². The summed E-state index contributed by atoms with van der Waals surface area (Å²) < 4.78 is 6.61. The number of ketones is 1. The normalized spacial score (nSPS) is 45.7. The van der Waals surface area contributed by atoms with Gasteiger partial charge >= 0.3 is 0 Å². The van der Waals surface area contributed by atoms with Crippen molar-refractivity contribution in [2.24, 2.45) is 34.5 Å². The van der Waals surface area contributed by atoms with Crippen LogP contribution < -0.4 is 0 Å². The van der Waals surface area contributed by atoms with Crippen molar-refractivity contribution < 1.29 is 9.53 Å². The molecule has 3 saturated carbocycles. The first kappa shape index (κ1) is 19.6. The van der Waals surface area contributed by atoms with Gasteiger partial charge in [0.05, 0.1) is 5.76 Å². The SMILES string of the molecule is C=C(C)CCC1=C(C)[C@H]2[C@H](C[C@H]3[C@@H]4CC=C5CC(=O)CC[C@]5(C)[C@H]4CC[C@@]32C)O1. The lowest BCUT2D eigenvalue weighted by Crippen LogP contribution is -2.50. The van der Waals surface area contributed by atoms with Crippen molar-refractivity contribution >= 4 is 5.78 Å². The van der Waals surface area contributed by atoms with Crippen LogP contribution in [0.1, 0.15) is 85.5 Å². The van der Waals surface area contributed by atoms with Crippen LogP contribution in [0.4, 0.5) is 0 Å². The zero-order valence-corrected chi connectivity index (χ0v) is 18.9. The van der Waals surface area contributed by atoms with Crippen LogP contribution >= 0.6 is 0 Å². The zero-order chi connectivity index (χ0) is 20.6. The number of rotatable bonds is 3. The second-order valence-corrected chi connectivity index (χ2v) is 11.5. The number of hydrogen-bond acceptors (Lipinski definition) is 2. The van der Waals surface area contributed by atoms with E-state index in [4.69, 9.17) is 4.74 Å². The van der Waals surface area contributed by atoms with Crippen molar-refractivity contribution in [3.05, 3.63) is 35.1 Å². The van der Waals surface area contributed by atoms with Crippen LogP contribution in [0, 0.1) is 34.5 Å². The molecule has 0 amide bonds. The highest BCUT2D eigenvalue weighted by Gasteiger charge is 2.63. The zero-order valence-electron chi connectivity index (χ0n) is 18.9. The summed E-state index contributed by atoms with van der Waals surface area (Å²) in [5, 5.41) is 0. The largest absolute Gasteiger partial charge is 0.494 e. The van der Waals surface area contributed by atoms with Gasteiger partial charge in [0, 0.05) is 25.2 Å². The monoisotopic (exact) mass is 394 g/mol. The molecule has 0 unspecified atom stereocenters. The minimum atomic E-state index is 0.272. The smallest absolute Gasteiger partial charge is 0.136 e. The highest BCUT2D eigenvalue weighted by atomic mass is 16.5. The Labute approximate surface area is 176 Å². The average molecular weight is 395 g/mol. The molecule has 4 aliphatic carbocycles. The van der Waals surface area contributed by atoms with E-state index in [0.29, 0.717) is 23.2 Å². The van der Waals surface area contributed by atoms with Gasteiger partial charge in [-0.15, -0.1) is 6.58 Å². The van der Waals surface area contributed by atoms with Crippen molar-refractivity contribution in [1.82, 2.24) is 0 Å². The molecular formula is C27H38O2. The molecule has 7 atom stereocenters. The molecular weight excluding hydrogens is 356 g/mol. The maximum Gasteiger partial charge on any atom is 0.136 e. The molecule has 1 heterocycles. The number of hydrogen-bond donors (Lipinski definition) is 0. The third-order valence-corrected chi connectivity index (χ3v) is 9.92. The maximum absolute atomic E-state index is 12.1. The van der Waals surface area contributed by atoms with E-state index >= 15 is 0 Å². The quantitative estimate of drug-likeness (QED) is 0.494. The lowest BCUT2D eigenvalue weighted by molar-refractivity contribution is -0.122. The Kier molecular flexibility index (Phi) is 4.47. The number of Topliss-reactive ketones (excluding diaryl/α,β-unsaturated/α-hetero) is 1. The fraction of sp³-hybridized carbons (Fsp3) is 0.741. The first-order valence-electron chi connectivity index (χ1n) is 12.0. The Morgan fingerprint density at radius 2 is 2.07 bits per heavy atom. The van der Waals surface area contributed by atoms with Crippen molar-refractivity contribution in [1.29, 1.82) is 0 Å². The van der Waals surface area contributed by atoms with Crippen molar-refractivity contribution in [3.8, 4) is 0 Å². The van der Waals surface area contributed by atoms with Gasteiger partial charge in [-0.2, -0.15) is 0 Å². The minimum absolute atomic E-state index is 0.272. The summed E-state index contributed by atoms with van der Waals surface area (Å²) in [6.45, 7) is 13.6. The van der Waals surface area contributed by atoms with Crippen LogP contribution in [0.25, 0.3) is 0 Å². The maximum atomic E-state index is 12.1. The summed E-state index contributed by atoms with van der Waals surface area (Å²) in [6.07, 6.45) is 12.6. The van der Waals surface area contributed by atoms with Crippen molar-refractivity contribution in [2.75, 3.05) is 0 Å². The van der Waals surface area contributed by atoms with Crippen LogP contribution in [0.3, 0.4) is 0 Å². The molecule has 0 bridgehead atoms. The summed E-state index contributed by atoms with van der Waals surface area (Å²) in [5.41, 5.74) is 4.92. The molecule has 158 valence electrons. The molecule has 3 fully saturated rings. The molecule has 2 nitrogen and oxygen atoms in total. The van der Waals surface area contributed by atoms with Gasteiger partial charge in [-0.25, -0.2) is 0 Å². The second-order valence-electron chi connectivity index (χ2n) is 11.5. The number of fused-ring (bicyclic) bond motifs is 7. The fourth-order valence-electron chi connectivity index (χ4n) is 8.39. The summed E-state index contributed by atoms with van der Waals surface area (Å²) in [6, 6.07) is 0. The fourth-order valence-corrected chi connectivity index (χ4v) is 8.39. The third kappa shape index (κ3) is 2.77. The Bertz CT molecular complexity index is 816. The molecule has 5 aliphatic rings.